The average Bonchev–Trinajstić information content (AvgIpc) is 2.45. The van der Waals surface area contributed by atoms with Crippen molar-refractivity contribution in [2.75, 3.05) is 37.6 Å². The van der Waals surface area contributed by atoms with Crippen LogP contribution in [-0.4, -0.2) is 43.2 Å². The van der Waals surface area contributed by atoms with Crippen molar-refractivity contribution < 1.29 is 0 Å². The zero-order valence-electron chi connectivity index (χ0n) is 14.4. The van der Waals surface area contributed by atoms with Crippen LogP contribution in [0.4, 0.5) is 5.69 Å². The maximum Gasteiger partial charge on any atom is 0.0397 e. The quantitative estimate of drug-likeness (QED) is 0.919. The van der Waals surface area contributed by atoms with Crippen LogP contribution in [-0.2, 0) is 6.54 Å². The highest BCUT2D eigenvalue weighted by atomic mass is 15.3. The highest BCUT2D eigenvalue weighted by Crippen LogP contribution is 2.23. The number of hydrogen-bond donors (Lipinski definition) is 1. The summed E-state index contributed by atoms with van der Waals surface area (Å²) in [5, 5.41) is 3.56. The van der Waals surface area contributed by atoms with E-state index in [1.54, 1.807) is 0 Å². The van der Waals surface area contributed by atoms with E-state index in [0.29, 0.717) is 0 Å². The third-order valence-corrected chi connectivity index (χ3v) is 4.24. The van der Waals surface area contributed by atoms with Gasteiger partial charge in [-0.25, -0.2) is 0 Å². The number of rotatable bonds is 4. The van der Waals surface area contributed by atoms with Gasteiger partial charge in [0.25, 0.3) is 0 Å². The summed E-state index contributed by atoms with van der Waals surface area (Å²) >= 11 is 0. The normalized spacial score (nSPS) is 17.3. The molecule has 0 bridgehead atoms. The van der Waals surface area contributed by atoms with E-state index >= 15 is 0 Å². The molecule has 1 aliphatic rings. The molecule has 3 nitrogen and oxygen atoms in total. The van der Waals surface area contributed by atoms with E-state index in [-0.39, 0.29) is 5.54 Å². The summed E-state index contributed by atoms with van der Waals surface area (Å²) < 4.78 is 0. The van der Waals surface area contributed by atoms with Gasteiger partial charge in [-0.3, -0.25) is 0 Å². The van der Waals surface area contributed by atoms with Crippen molar-refractivity contribution in [3.63, 3.8) is 0 Å². The Morgan fingerprint density at radius 2 is 1.76 bits per heavy atom. The van der Waals surface area contributed by atoms with Gasteiger partial charge >= 0.3 is 0 Å². The molecule has 1 aromatic rings. The summed E-state index contributed by atoms with van der Waals surface area (Å²) in [6.07, 6.45) is 0. The highest BCUT2D eigenvalue weighted by molar-refractivity contribution is 5.54. The molecule has 0 atom stereocenters. The van der Waals surface area contributed by atoms with E-state index < -0.39 is 0 Å². The molecular weight excluding hydrogens is 258 g/mol. The average molecular weight is 289 g/mol. The number of anilines is 1. The Morgan fingerprint density at radius 3 is 2.29 bits per heavy atom. The minimum absolute atomic E-state index is 0.170. The molecule has 1 saturated heterocycles. The first-order valence-electron chi connectivity index (χ1n) is 8.21. The molecular formula is C18H31N3. The standard InChI is InChI=1S/C18H31N3/c1-6-20-9-11-21(12-10-20)17-8-7-16(13-15(17)2)14-19-18(3,4)5/h7-8,13,19H,6,9-12,14H2,1-5H3. The number of piperazine rings is 1. The molecule has 0 saturated carbocycles. The van der Waals surface area contributed by atoms with Crippen molar-refractivity contribution in [1.82, 2.24) is 10.2 Å². The summed E-state index contributed by atoms with van der Waals surface area (Å²) in [6, 6.07) is 6.91. The topological polar surface area (TPSA) is 18.5 Å². The summed E-state index contributed by atoms with van der Waals surface area (Å²) in [6.45, 7) is 17.9. The van der Waals surface area contributed by atoms with Gasteiger partial charge in [0.15, 0.2) is 0 Å². The molecule has 2 rings (SSSR count). The molecule has 0 radical (unpaired) electrons. The molecule has 1 N–H and O–H groups in total. The van der Waals surface area contributed by atoms with Crippen LogP contribution < -0.4 is 10.2 Å². The van der Waals surface area contributed by atoms with E-state index in [1.165, 1.54) is 36.4 Å². The Kier molecular flexibility index (Phi) is 5.28. The van der Waals surface area contributed by atoms with Crippen molar-refractivity contribution >= 4 is 5.69 Å². The lowest BCUT2D eigenvalue weighted by Gasteiger charge is -2.36. The second kappa shape index (κ2) is 6.80. The number of likely N-dealkylation sites (N-methyl/N-ethyl adjacent to an activating group) is 1. The van der Waals surface area contributed by atoms with E-state index in [9.17, 15) is 0 Å². The van der Waals surface area contributed by atoms with Crippen LogP contribution in [0.1, 0.15) is 38.8 Å². The maximum absolute atomic E-state index is 3.56. The molecule has 0 unspecified atom stereocenters. The Hall–Kier alpha value is -1.06. The van der Waals surface area contributed by atoms with Crippen molar-refractivity contribution in [3.8, 4) is 0 Å². The zero-order chi connectivity index (χ0) is 15.5. The van der Waals surface area contributed by atoms with Crippen molar-refractivity contribution in [2.45, 2.75) is 46.7 Å². The molecule has 0 amide bonds. The van der Waals surface area contributed by atoms with Crippen LogP contribution in [0, 0.1) is 6.92 Å². The largest absolute Gasteiger partial charge is 0.369 e. The lowest BCUT2D eigenvalue weighted by molar-refractivity contribution is 0.271. The molecule has 1 heterocycles. The van der Waals surface area contributed by atoms with Crippen LogP contribution in [0.25, 0.3) is 0 Å². The van der Waals surface area contributed by atoms with Gasteiger partial charge in [-0.15, -0.1) is 0 Å². The van der Waals surface area contributed by atoms with Gasteiger partial charge in [0.1, 0.15) is 0 Å². The number of nitrogens with zero attached hydrogens (tertiary/aromatic N) is 2. The minimum Gasteiger partial charge on any atom is -0.369 e. The molecule has 3 heteroatoms. The SMILES string of the molecule is CCN1CCN(c2ccc(CNC(C)(C)C)cc2C)CC1. The first-order chi connectivity index (χ1) is 9.89. The van der Waals surface area contributed by atoms with Crippen LogP contribution in [0.15, 0.2) is 18.2 Å². The van der Waals surface area contributed by atoms with Gasteiger partial charge in [-0.05, 0) is 51.4 Å². The molecule has 1 fully saturated rings. The van der Waals surface area contributed by atoms with E-state index in [4.69, 9.17) is 0 Å². The third-order valence-electron chi connectivity index (χ3n) is 4.24. The van der Waals surface area contributed by atoms with E-state index in [2.05, 4.69) is 67.9 Å². The van der Waals surface area contributed by atoms with Crippen LogP contribution >= 0.6 is 0 Å². The van der Waals surface area contributed by atoms with Crippen LogP contribution in [0.3, 0.4) is 0 Å². The lowest BCUT2D eigenvalue weighted by atomic mass is 10.1. The lowest BCUT2D eigenvalue weighted by Crippen LogP contribution is -2.46. The summed E-state index contributed by atoms with van der Waals surface area (Å²) in [5.74, 6) is 0. The van der Waals surface area contributed by atoms with Crippen molar-refractivity contribution in [1.29, 1.82) is 0 Å². The van der Waals surface area contributed by atoms with E-state index in [1.807, 2.05) is 0 Å². The second-order valence-electron chi connectivity index (χ2n) is 7.15. The summed E-state index contributed by atoms with van der Waals surface area (Å²) in [7, 11) is 0. The van der Waals surface area contributed by atoms with Gasteiger partial charge in [-0.2, -0.15) is 0 Å². The number of benzene rings is 1. The molecule has 21 heavy (non-hydrogen) atoms. The molecule has 118 valence electrons. The van der Waals surface area contributed by atoms with Crippen LogP contribution in [0.2, 0.25) is 0 Å². The van der Waals surface area contributed by atoms with Gasteiger partial charge in [0.2, 0.25) is 0 Å². The summed E-state index contributed by atoms with van der Waals surface area (Å²) in [4.78, 5) is 5.05. The number of nitrogens with one attached hydrogen (secondary N) is 1. The van der Waals surface area contributed by atoms with Crippen molar-refractivity contribution in [3.05, 3.63) is 29.3 Å². The highest BCUT2D eigenvalue weighted by Gasteiger charge is 2.17. The summed E-state index contributed by atoms with van der Waals surface area (Å²) in [5.41, 5.74) is 4.35. The second-order valence-corrected chi connectivity index (χ2v) is 7.15. The molecule has 0 aliphatic carbocycles. The fourth-order valence-corrected chi connectivity index (χ4v) is 2.85. The fraction of sp³-hybridized carbons (Fsp3) is 0.667. The van der Waals surface area contributed by atoms with Gasteiger partial charge in [0.05, 0.1) is 0 Å². The Morgan fingerprint density at radius 1 is 1.10 bits per heavy atom. The minimum atomic E-state index is 0.170. The van der Waals surface area contributed by atoms with Crippen LogP contribution in [0.5, 0.6) is 0 Å². The number of hydrogen-bond acceptors (Lipinski definition) is 3. The monoisotopic (exact) mass is 289 g/mol. The first-order valence-corrected chi connectivity index (χ1v) is 8.21. The van der Waals surface area contributed by atoms with Gasteiger partial charge in [-0.1, -0.05) is 19.1 Å². The third kappa shape index (κ3) is 4.72. The fourth-order valence-electron chi connectivity index (χ4n) is 2.85. The van der Waals surface area contributed by atoms with Gasteiger partial charge in [0, 0.05) is 44.0 Å². The molecule has 0 aromatic heterocycles. The first kappa shape index (κ1) is 16.3. The maximum atomic E-state index is 3.56. The predicted molar refractivity (Wildman–Crippen MR) is 92.1 cm³/mol. The Balaban J connectivity index is 1.99. The Bertz CT molecular complexity index is 454. The molecule has 1 aromatic carbocycles. The molecule has 0 spiro atoms. The smallest absolute Gasteiger partial charge is 0.0397 e. The molecule has 1 aliphatic heterocycles. The van der Waals surface area contributed by atoms with Gasteiger partial charge < -0.3 is 15.1 Å². The zero-order valence-corrected chi connectivity index (χ0v) is 14.4. The van der Waals surface area contributed by atoms with E-state index in [0.717, 1.165) is 19.6 Å². The predicted octanol–water partition coefficient (Wildman–Crippen LogP) is 3.03. The Labute approximate surface area is 130 Å². The van der Waals surface area contributed by atoms with Crippen molar-refractivity contribution in [2.24, 2.45) is 0 Å². The number of aryl methyl sites for hydroxylation is 1.